The van der Waals surface area contributed by atoms with Crippen LogP contribution < -0.4 is 9.47 Å². The molecule has 5 rings (SSSR count). The predicted octanol–water partition coefficient (Wildman–Crippen LogP) is 3.89. The van der Waals surface area contributed by atoms with Crippen molar-refractivity contribution in [3.8, 4) is 17.2 Å². The molecule has 0 bridgehead atoms. The summed E-state index contributed by atoms with van der Waals surface area (Å²) in [5.41, 5.74) is 2.29. The smallest absolute Gasteiger partial charge is 0.409 e. The van der Waals surface area contributed by atoms with E-state index in [4.69, 9.17) is 19.3 Å². The second-order valence-electron chi connectivity index (χ2n) is 8.27. The molecule has 1 saturated heterocycles. The number of hydrogen-bond donors (Lipinski definition) is 1. The number of methoxy groups -OCH3 is 1. The summed E-state index contributed by atoms with van der Waals surface area (Å²) >= 11 is 0. The van der Waals surface area contributed by atoms with E-state index in [0.29, 0.717) is 38.3 Å². The van der Waals surface area contributed by atoms with E-state index in [0.717, 1.165) is 29.0 Å². The van der Waals surface area contributed by atoms with E-state index in [9.17, 15) is 9.90 Å². The number of likely N-dealkylation sites (tertiary alicyclic amines) is 1. The molecule has 1 fully saturated rings. The van der Waals surface area contributed by atoms with Crippen LogP contribution in [-0.2, 0) is 4.74 Å². The number of para-hydroxylation sites is 1. The third-order valence-electron chi connectivity index (χ3n) is 6.48. The van der Waals surface area contributed by atoms with Crippen LogP contribution in [0, 0.1) is 0 Å². The summed E-state index contributed by atoms with van der Waals surface area (Å²) < 4.78 is 17.5. The second kappa shape index (κ2) is 7.93. The van der Waals surface area contributed by atoms with Gasteiger partial charge >= 0.3 is 6.09 Å². The molecule has 0 aromatic heterocycles. The zero-order chi connectivity index (χ0) is 22.3. The average molecular weight is 437 g/mol. The first-order chi connectivity index (χ1) is 15.5. The third-order valence-corrected chi connectivity index (χ3v) is 6.48. The molecule has 1 atom stereocenters. The van der Waals surface area contributed by atoms with Gasteiger partial charge in [0.1, 0.15) is 5.75 Å². The molecule has 3 aliphatic rings. The molecule has 2 aromatic carbocycles. The van der Waals surface area contributed by atoms with Crippen LogP contribution in [-0.4, -0.2) is 59.4 Å². The number of nitrogens with zero attached hydrogens (tertiary/aromatic N) is 3. The molecule has 2 aromatic rings. The molecule has 8 nitrogen and oxygen atoms in total. The normalized spacial score (nSPS) is 20.8. The molecular weight excluding hydrogens is 410 g/mol. The molecule has 8 heteroatoms. The van der Waals surface area contributed by atoms with Crippen LogP contribution in [0.15, 0.2) is 47.6 Å². The summed E-state index contributed by atoms with van der Waals surface area (Å²) in [7, 11) is 1.65. The van der Waals surface area contributed by atoms with Gasteiger partial charge in [-0.25, -0.2) is 9.80 Å². The molecule has 3 heterocycles. The number of ether oxygens (including phenoxy) is 3. The summed E-state index contributed by atoms with van der Waals surface area (Å²) in [6.45, 7) is 3.22. The van der Waals surface area contributed by atoms with E-state index in [2.05, 4.69) is 11.1 Å². The largest absolute Gasteiger partial charge is 0.508 e. The summed E-state index contributed by atoms with van der Waals surface area (Å²) in [6.07, 6.45) is 1.64. The van der Waals surface area contributed by atoms with E-state index < -0.39 is 5.72 Å². The number of hydrogen-bond acceptors (Lipinski definition) is 7. The maximum absolute atomic E-state index is 12.2. The number of carbonyl (C=O) groups is 1. The van der Waals surface area contributed by atoms with Crippen molar-refractivity contribution in [1.82, 2.24) is 9.91 Å². The lowest BCUT2D eigenvalue weighted by molar-refractivity contribution is -0.148. The zero-order valence-electron chi connectivity index (χ0n) is 18.3. The highest BCUT2D eigenvalue weighted by atomic mass is 16.6. The van der Waals surface area contributed by atoms with Crippen molar-refractivity contribution < 1.29 is 24.1 Å². The fourth-order valence-corrected chi connectivity index (χ4v) is 4.84. The summed E-state index contributed by atoms with van der Waals surface area (Å²) in [6, 6.07) is 13.1. The predicted molar refractivity (Wildman–Crippen MR) is 118 cm³/mol. The quantitative estimate of drug-likeness (QED) is 0.784. The molecule has 1 unspecified atom stereocenters. The van der Waals surface area contributed by atoms with Crippen molar-refractivity contribution in [1.29, 1.82) is 0 Å². The van der Waals surface area contributed by atoms with Crippen LogP contribution in [0.2, 0.25) is 0 Å². The summed E-state index contributed by atoms with van der Waals surface area (Å²) in [5.74, 6) is 1.68. The van der Waals surface area contributed by atoms with E-state index in [-0.39, 0.29) is 17.9 Å². The highest BCUT2D eigenvalue weighted by Crippen LogP contribution is 2.52. The average Bonchev–Trinajstić information content (AvgIpc) is 3.27. The molecule has 1 amide bonds. The first-order valence-electron chi connectivity index (χ1n) is 11.0. The molecule has 1 spiro atoms. The van der Waals surface area contributed by atoms with Crippen LogP contribution in [0.1, 0.15) is 43.4 Å². The number of benzene rings is 2. The number of aromatic hydroxyl groups is 1. The van der Waals surface area contributed by atoms with Crippen molar-refractivity contribution in [2.24, 2.45) is 5.10 Å². The molecular formula is C24H27N3O5. The van der Waals surface area contributed by atoms with Gasteiger partial charge in [-0.05, 0) is 42.8 Å². The Labute approximate surface area is 187 Å². The number of phenols is 1. The van der Waals surface area contributed by atoms with Gasteiger partial charge in [0, 0.05) is 37.9 Å². The molecule has 32 heavy (non-hydrogen) atoms. The van der Waals surface area contributed by atoms with Gasteiger partial charge in [0.15, 0.2) is 11.5 Å². The first kappa shape index (κ1) is 20.5. The Bertz CT molecular complexity index is 1040. The van der Waals surface area contributed by atoms with Crippen LogP contribution >= 0.6 is 0 Å². The lowest BCUT2D eigenvalue weighted by atomic mass is 9.90. The Balaban J connectivity index is 1.51. The van der Waals surface area contributed by atoms with Crippen LogP contribution in [0.3, 0.4) is 0 Å². The number of fused-ring (bicyclic) bond motifs is 4. The van der Waals surface area contributed by atoms with Gasteiger partial charge in [0.05, 0.1) is 25.5 Å². The highest BCUT2D eigenvalue weighted by molar-refractivity contribution is 6.02. The molecule has 0 radical (unpaired) electrons. The fraction of sp³-hybridized carbons (Fsp3) is 0.417. The Morgan fingerprint density at radius 1 is 1.22 bits per heavy atom. The molecule has 3 aliphatic heterocycles. The molecule has 0 saturated carbocycles. The SMILES string of the molecule is CCOC(=O)N1CCC2(CC1)Oc1c(OC)cccc1C1CC(c3ccc(O)cc3)=NN12. The number of carbonyl (C=O) groups excluding carboxylic acids is 1. The van der Waals surface area contributed by atoms with Crippen molar-refractivity contribution in [2.75, 3.05) is 26.8 Å². The highest BCUT2D eigenvalue weighted by Gasteiger charge is 2.53. The minimum atomic E-state index is -0.673. The minimum Gasteiger partial charge on any atom is -0.508 e. The number of rotatable bonds is 3. The van der Waals surface area contributed by atoms with Crippen molar-refractivity contribution in [2.45, 2.75) is 38.0 Å². The Hall–Kier alpha value is -3.42. The van der Waals surface area contributed by atoms with Crippen LogP contribution in [0.5, 0.6) is 17.2 Å². The Morgan fingerprint density at radius 3 is 2.66 bits per heavy atom. The van der Waals surface area contributed by atoms with Gasteiger partial charge in [-0.2, -0.15) is 5.10 Å². The summed E-state index contributed by atoms with van der Waals surface area (Å²) in [4.78, 5) is 14.0. The minimum absolute atomic E-state index is 0.00629. The molecule has 1 N–H and O–H groups in total. The van der Waals surface area contributed by atoms with Gasteiger partial charge in [-0.1, -0.05) is 12.1 Å². The van der Waals surface area contributed by atoms with Crippen molar-refractivity contribution >= 4 is 11.8 Å². The van der Waals surface area contributed by atoms with E-state index >= 15 is 0 Å². The van der Waals surface area contributed by atoms with E-state index in [1.807, 2.05) is 31.2 Å². The fourth-order valence-electron chi connectivity index (χ4n) is 4.84. The van der Waals surface area contributed by atoms with Gasteiger partial charge < -0.3 is 24.2 Å². The number of piperidine rings is 1. The lowest BCUT2D eigenvalue weighted by Gasteiger charge is -2.51. The monoisotopic (exact) mass is 437 g/mol. The second-order valence-corrected chi connectivity index (χ2v) is 8.27. The standard InChI is InChI=1S/C24H27N3O5/c1-3-31-23(29)26-13-11-24(12-14-26)27-20(18-5-4-6-21(30-2)22(18)32-24)15-19(25-27)16-7-9-17(28)10-8-16/h4-10,20,28H,3,11-15H2,1-2H3. The first-order valence-corrected chi connectivity index (χ1v) is 11.0. The number of amides is 1. The van der Waals surface area contributed by atoms with Crippen molar-refractivity contribution in [3.63, 3.8) is 0 Å². The van der Waals surface area contributed by atoms with Gasteiger partial charge in [-0.15, -0.1) is 0 Å². The zero-order valence-corrected chi connectivity index (χ0v) is 18.3. The summed E-state index contributed by atoms with van der Waals surface area (Å²) in [5, 5.41) is 16.8. The van der Waals surface area contributed by atoms with Crippen LogP contribution in [0.25, 0.3) is 0 Å². The Morgan fingerprint density at radius 2 is 1.97 bits per heavy atom. The van der Waals surface area contributed by atoms with Crippen LogP contribution in [0.4, 0.5) is 4.79 Å². The van der Waals surface area contributed by atoms with E-state index in [1.54, 1.807) is 24.1 Å². The van der Waals surface area contributed by atoms with E-state index in [1.165, 1.54) is 0 Å². The maximum Gasteiger partial charge on any atom is 0.409 e. The number of hydrazone groups is 1. The number of phenolic OH excluding ortho intramolecular Hbond substituents is 1. The topological polar surface area (TPSA) is 83.8 Å². The van der Waals surface area contributed by atoms with Gasteiger partial charge in [-0.3, -0.25) is 0 Å². The lowest BCUT2D eigenvalue weighted by Crippen LogP contribution is -2.59. The van der Waals surface area contributed by atoms with Gasteiger partial charge in [0.25, 0.3) is 0 Å². The molecule has 168 valence electrons. The maximum atomic E-state index is 12.2. The van der Waals surface area contributed by atoms with Gasteiger partial charge in [0.2, 0.25) is 5.72 Å². The molecule has 0 aliphatic carbocycles. The third kappa shape index (κ3) is 3.30. The van der Waals surface area contributed by atoms with Crippen molar-refractivity contribution in [3.05, 3.63) is 53.6 Å². The Kier molecular flexibility index (Phi) is 5.07.